The second kappa shape index (κ2) is 32.2. The number of rotatable bonds is 30. The van der Waals surface area contributed by atoms with Crippen molar-refractivity contribution in [2.24, 2.45) is 0 Å². The number of nitrogens with one attached hydrogen (secondary N) is 1. The molecular formula is C31H62INO2. The van der Waals surface area contributed by atoms with Crippen molar-refractivity contribution >= 4 is 28.5 Å². The summed E-state index contributed by atoms with van der Waals surface area (Å²) in [5.74, 6) is -0.255. The largest absolute Gasteiger partial charge is 0.289 e. The molecule has 0 aliphatic carbocycles. The van der Waals surface area contributed by atoms with E-state index in [1.165, 1.54) is 171 Å². The molecule has 0 saturated heterocycles. The lowest BCUT2D eigenvalue weighted by Gasteiger charge is -2.04. The Balaban J connectivity index is 3.02. The van der Waals surface area contributed by atoms with Gasteiger partial charge in [-0.3, -0.25) is 10.0 Å². The standard InChI is InChI=1S/C31H62INO2/c32-30-28-26-24-22-20-18-16-14-12-10-8-6-4-2-1-3-5-7-9-11-13-15-17-19-21-23-25-27-29-31(34)33-35/h35H,1-30H2,(H,33,34). The zero-order valence-corrected chi connectivity index (χ0v) is 25.6. The highest BCUT2D eigenvalue weighted by molar-refractivity contribution is 14.1. The molecule has 0 aromatic heterocycles. The number of unbranched alkanes of at least 4 members (excludes halogenated alkanes) is 27. The molecule has 3 nitrogen and oxygen atoms in total. The fraction of sp³-hybridized carbons (Fsp3) is 0.968. The van der Waals surface area contributed by atoms with Gasteiger partial charge in [0.15, 0.2) is 0 Å². The highest BCUT2D eigenvalue weighted by atomic mass is 127. The summed E-state index contributed by atoms with van der Waals surface area (Å²) in [6.07, 6.45) is 39.7. The molecule has 0 aromatic carbocycles. The van der Waals surface area contributed by atoms with Crippen LogP contribution in [0.5, 0.6) is 0 Å². The first-order chi connectivity index (χ1) is 17.3. The Morgan fingerprint density at radius 3 is 0.800 bits per heavy atom. The summed E-state index contributed by atoms with van der Waals surface area (Å²) in [4.78, 5) is 10.9. The molecule has 0 aliphatic rings. The molecule has 0 bridgehead atoms. The van der Waals surface area contributed by atoms with Gasteiger partial charge in [0.25, 0.3) is 0 Å². The Kier molecular flexibility index (Phi) is 32.3. The van der Waals surface area contributed by atoms with Gasteiger partial charge >= 0.3 is 0 Å². The highest BCUT2D eigenvalue weighted by Crippen LogP contribution is 2.16. The van der Waals surface area contributed by atoms with Gasteiger partial charge in [-0.1, -0.05) is 190 Å². The number of alkyl halides is 1. The number of carbonyl (C=O) groups excluding carboxylic acids is 1. The topological polar surface area (TPSA) is 49.3 Å². The van der Waals surface area contributed by atoms with E-state index in [1.807, 2.05) is 0 Å². The third kappa shape index (κ3) is 32.1. The van der Waals surface area contributed by atoms with Crippen LogP contribution >= 0.6 is 22.6 Å². The molecule has 0 fully saturated rings. The second-order valence-electron chi connectivity index (χ2n) is 10.9. The van der Waals surface area contributed by atoms with E-state index in [-0.39, 0.29) is 5.91 Å². The third-order valence-corrected chi connectivity index (χ3v) is 8.17. The molecule has 0 saturated carbocycles. The fourth-order valence-corrected chi connectivity index (χ4v) is 5.57. The van der Waals surface area contributed by atoms with Crippen LogP contribution in [0.15, 0.2) is 0 Å². The highest BCUT2D eigenvalue weighted by Gasteiger charge is 1.99. The molecule has 1 amide bonds. The fourth-order valence-electron chi connectivity index (χ4n) is 5.03. The number of hydrogen-bond acceptors (Lipinski definition) is 2. The van der Waals surface area contributed by atoms with Crippen LogP contribution in [-0.2, 0) is 4.79 Å². The van der Waals surface area contributed by atoms with Crippen LogP contribution in [0.1, 0.15) is 186 Å². The van der Waals surface area contributed by atoms with Crippen molar-refractivity contribution in [3.63, 3.8) is 0 Å². The smallest absolute Gasteiger partial charge is 0.243 e. The summed E-state index contributed by atoms with van der Waals surface area (Å²) in [5.41, 5.74) is 1.70. The minimum atomic E-state index is -0.255. The van der Waals surface area contributed by atoms with Crippen molar-refractivity contribution in [3.05, 3.63) is 0 Å². The van der Waals surface area contributed by atoms with Gasteiger partial charge in [-0.15, -0.1) is 0 Å². The molecule has 0 aliphatic heterocycles. The summed E-state index contributed by atoms with van der Waals surface area (Å²) in [5, 5.41) is 8.44. The molecule has 0 spiro atoms. The predicted octanol–water partition coefficient (Wildman–Crippen LogP) is 11.2. The SMILES string of the molecule is O=C(CCCCCCCCCCCCCCCCCCCCCCCCCCCCCCI)NO. The van der Waals surface area contributed by atoms with Crippen molar-refractivity contribution in [1.29, 1.82) is 0 Å². The van der Waals surface area contributed by atoms with E-state index in [9.17, 15) is 4.79 Å². The minimum absolute atomic E-state index is 0.255. The average Bonchev–Trinajstić information content (AvgIpc) is 2.87. The Morgan fingerprint density at radius 1 is 0.400 bits per heavy atom. The Morgan fingerprint density at radius 2 is 0.600 bits per heavy atom. The Hall–Kier alpha value is 0.160. The van der Waals surface area contributed by atoms with E-state index in [0.29, 0.717) is 6.42 Å². The normalized spacial score (nSPS) is 11.3. The van der Waals surface area contributed by atoms with Crippen molar-refractivity contribution in [3.8, 4) is 0 Å². The monoisotopic (exact) mass is 607 g/mol. The molecule has 0 rings (SSSR count). The second-order valence-corrected chi connectivity index (χ2v) is 12.0. The molecule has 210 valence electrons. The lowest BCUT2D eigenvalue weighted by Crippen LogP contribution is -2.17. The molecule has 0 unspecified atom stereocenters. The average molecular weight is 608 g/mol. The number of carbonyl (C=O) groups is 1. The van der Waals surface area contributed by atoms with Crippen LogP contribution in [0, 0.1) is 0 Å². The zero-order valence-electron chi connectivity index (χ0n) is 23.4. The number of hydroxylamine groups is 1. The van der Waals surface area contributed by atoms with Gasteiger partial charge in [0.2, 0.25) is 5.91 Å². The number of hydrogen-bond donors (Lipinski definition) is 2. The number of halogens is 1. The van der Waals surface area contributed by atoms with E-state index < -0.39 is 0 Å². The number of amides is 1. The summed E-state index contributed by atoms with van der Waals surface area (Å²) in [6, 6.07) is 0. The summed E-state index contributed by atoms with van der Waals surface area (Å²) < 4.78 is 1.33. The lowest BCUT2D eigenvalue weighted by atomic mass is 10.0. The predicted molar refractivity (Wildman–Crippen MR) is 163 cm³/mol. The maximum absolute atomic E-state index is 10.9. The van der Waals surface area contributed by atoms with Gasteiger partial charge < -0.3 is 0 Å². The van der Waals surface area contributed by atoms with Crippen molar-refractivity contribution in [2.75, 3.05) is 4.43 Å². The van der Waals surface area contributed by atoms with E-state index in [1.54, 1.807) is 5.48 Å². The van der Waals surface area contributed by atoms with Crippen LogP contribution < -0.4 is 5.48 Å². The molecule has 2 N–H and O–H groups in total. The van der Waals surface area contributed by atoms with Gasteiger partial charge in [0.05, 0.1) is 0 Å². The van der Waals surface area contributed by atoms with E-state index in [0.717, 1.165) is 12.8 Å². The molecule has 4 heteroatoms. The van der Waals surface area contributed by atoms with Crippen LogP contribution in [0.4, 0.5) is 0 Å². The Bertz CT molecular complexity index is 405. The quantitative estimate of drug-likeness (QED) is 0.0281. The van der Waals surface area contributed by atoms with E-state index in [2.05, 4.69) is 22.6 Å². The molecule has 0 aromatic rings. The Labute approximate surface area is 233 Å². The maximum Gasteiger partial charge on any atom is 0.243 e. The minimum Gasteiger partial charge on any atom is -0.289 e. The van der Waals surface area contributed by atoms with Gasteiger partial charge in [-0.2, -0.15) is 0 Å². The van der Waals surface area contributed by atoms with Crippen LogP contribution in [-0.4, -0.2) is 15.5 Å². The first-order valence-corrected chi connectivity index (χ1v) is 17.3. The molecule has 0 heterocycles. The maximum atomic E-state index is 10.9. The van der Waals surface area contributed by atoms with Gasteiger partial charge in [0.1, 0.15) is 0 Å². The summed E-state index contributed by atoms with van der Waals surface area (Å²) in [7, 11) is 0. The van der Waals surface area contributed by atoms with E-state index >= 15 is 0 Å². The zero-order chi connectivity index (χ0) is 25.5. The van der Waals surface area contributed by atoms with Gasteiger partial charge in [0, 0.05) is 6.42 Å². The summed E-state index contributed by atoms with van der Waals surface area (Å²) in [6.45, 7) is 0. The first-order valence-electron chi connectivity index (χ1n) is 15.8. The van der Waals surface area contributed by atoms with Crippen molar-refractivity contribution in [1.82, 2.24) is 5.48 Å². The first kappa shape index (κ1) is 35.2. The van der Waals surface area contributed by atoms with Crippen LogP contribution in [0.2, 0.25) is 0 Å². The van der Waals surface area contributed by atoms with E-state index in [4.69, 9.17) is 5.21 Å². The molecular weight excluding hydrogens is 545 g/mol. The summed E-state index contributed by atoms with van der Waals surface area (Å²) >= 11 is 2.49. The lowest BCUT2D eigenvalue weighted by molar-refractivity contribution is -0.129. The van der Waals surface area contributed by atoms with Crippen LogP contribution in [0.3, 0.4) is 0 Å². The van der Waals surface area contributed by atoms with Crippen molar-refractivity contribution in [2.45, 2.75) is 186 Å². The molecule has 0 atom stereocenters. The van der Waals surface area contributed by atoms with Crippen molar-refractivity contribution < 1.29 is 10.0 Å². The molecule has 0 radical (unpaired) electrons. The third-order valence-electron chi connectivity index (χ3n) is 7.41. The van der Waals surface area contributed by atoms with Gasteiger partial charge in [-0.25, -0.2) is 5.48 Å². The van der Waals surface area contributed by atoms with Crippen LogP contribution in [0.25, 0.3) is 0 Å². The van der Waals surface area contributed by atoms with Gasteiger partial charge in [-0.05, 0) is 17.3 Å². The molecule has 35 heavy (non-hydrogen) atoms.